The van der Waals surface area contributed by atoms with Crippen molar-refractivity contribution in [2.24, 2.45) is 0 Å². The van der Waals surface area contributed by atoms with E-state index in [9.17, 15) is 4.79 Å². The van der Waals surface area contributed by atoms with Gasteiger partial charge in [-0.15, -0.1) is 6.58 Å². The predicted molar refractivity (Wildman–Crippen MR) is 84.5 cm³/mol. The topological polar surface area (TPSA) is 41.4 Å². The molecule has 1 amide bonds. The average molecular weight is 290 g/mol. The van der Waals surface area contributed by atoms with E-state index >= 15 is 0 Å². The SMILES string of the molecule is C=CCN1CCCN(C(=O)c2c(C)nn(CC)c2C)CC1. The summed E-state index contributed by atoms with van der Waals surface area (Å²) in [6.45, 7) is 15.0. The molecular weight excluding hydrogens is 264 g/mol. The molecular formula is C16H26N4O. The largest absolute Gasteiger partial charge is 0.337 e. The number of nitrogens with zero attached hydrogens (tertiary/aromatic N) is 4. The van der Waals surface area contributed by atoms with Gasteiger partial charge >= 0.3 is 0 Å². The van der Waals surface area contributed by atoms with Gasteiger partial charge in [0.15, 0.2) is 0 Å². The molecule has 0 aliphatic carbocycles. The second-order valence-electron chi connectivity index (χ2n) is 5.60. The molecule has 1 aromatic heterocycles. The molecule has 5 nitrogen and oxygen atoms in total. The molecule has 1 aliphatic heterocycles. The third-order valence-corrected chi connectivity index (χ3v) is 4.16. The Morgan fingerprint density at radius 2 is 2.05 bits per heavy atom. The van der Waals surface area contributed by atoms with Crippen LogP contribution >= 0.6 is 0 Å². The van der Waals surface area contributed by atoms with Gasteiger partial charge < -0.3 is 4.90 Å². The Morgan fingerprint density at radius 3 is 2.67 bits per heavy atom. The van der Waals surface area contributed by atoms with Crippen LogP contribution in [-0.2, 0) is 6.54 Å². The fourth-order valence-corrected chi connectivity index (χ4v) is 3.01. The fraction of sp³-hybridized carbons (Fsp3) is 0.625. The number of rotatable bonds is 4. The van der Waals surface area contributed by atoms with E-state index in [2.05, 4.69) is 16.6 Å². The van der Waals surface area contributed by atoms with E-state index in [1.54, 1.807) is 0 Å². The first kappa shape index (κ1) is 15.8. The molecule has 0 bridgehead atoms. The van der Waals surface area contributed by atoms with Gasteiger partial charge in [0.1, 0.15) is 0 Å². The number of aryl methyl sites for hydroxylation is 2. The van der Waals surface area contributed by atoms with Crippen LogP contribution in [-0.4, -0.2) is 58.2 Å². The van der Waals surface area contributed by atoms with Crippen molar-refractivity contribution >= 4 is 5.91 Å². The molecule has 2 rings (SSSR count). The maximum absolute atomic E-state index is 12.8. The van der Waals surface area contributed by atoms with Crippen LogP contribution in [0, 0.1) is 13.8 Å². The van der Waals surface area contributed by atoms with Gasteiger partial charge in [0.2, 0.25) is 0 Å². The number of hydrogen-bond acceptors (Lipinski definition) is 3. The quantitative estimate of drug-likeness (QED) is 0.795. The number of aromatic nitrogens is 2. The third kappa shape index (κ3) is 3.35. The second-order valence-corrected chi connectivity index (χ2v) is 5.60. The number of hydrogen-bond donors (Lipinski definition) is 0. The molecule has 1 aliphatic rings. The molecule has 0 spiro atoms. The minimum atomic E-state index is 0.130. The Labute approximate surface area is 127 Å². The van der Waals surface area contributed by atoms with Crippen LogP contribution in [0.1, 0.15) is 35.1 Å². The Bertz CT molecular complexity index is 521. The highest BCUT2D eigenvalue weighted by molar-refractivity contribution is 5.96. The average Bonchev–Trinajstić information content (AvgIpc) is 2.64. The second kappa shape index (κ2) is 6.89. The van der Waals surface area contributed by atoms with Crippen molar-refractivity contribution in [1.29, 1.82) is 0 Å². The summed E-state index contributed by atoms with van der Waals surface area (Å²) < 4.78 is 1.91. The number of amides is 1. The van der Waals surface area contributed by atoms with Gasteiger partial charge in [0.25, 0.3) is 5.91 Å². The van der Waals surface area contributed by atoms with E-state index in [4.69, 9.17) is 0 Å². The molecule has 0 N–H and O–H groups in total. The third-order valence-electron chi connectivity index (χ3n) is 4.16. The Hall–Kier alpha value is -1.62. The zero-order valence-electron chi connectivity index (χ0n) is 13.4. The lowest BCUT2D eigenvalue weighted by atomic mass is 10.1. The molecule has 0 atom stereocenters. The van der Waals surface area contributed by atoms with Crippen molar-refractivity contribution in [2.45, 2.75) is 33.7 Å². The maximum atomic E-state index is 12.8. The summed E-state index contributed by atoms with van der Waals surface area (Å²) in [4.78, 5) is 17.1. The van der Waals surface area contributed by atoms with Crippen molar-refractivity contribution in [3.63, 3.8) is 0 Å². The van der Waals surface area contributed by atoms with Crippen LogP contribution in [0.3, 0.4) is 0 Å². The summed E-state index contributed by atoms with van der Waals surface area (Å²) in [7, 11) is 0. The van der Waals surface area contributed by atoms with Crippen molar-refractivity contribution in [2.75, 3.05) is 32.7 Å². The van der Waals surface area contributed by atoms with Gasteiger partial charge in [-0.1, -0.05) is 6.08 Å². The highest BCUT2D eigenvalue weighted by atomic mass is 16.2. The smallest absolute Gasteiger partial charge is 0.257 e. The molecule has 5 heteroatoms. The van der Waals surface area contributed by atoms with Gasteiger partial charge in [-0.05, 0) is 27.2 Å². The van der Waals surface area contributed by atoms with Gasteiger partial charge in [0, 0.05) is 45.0 Å². The first-order chi connectivity index (χ1) is 10.1. The molecule has 1 fully saturated rings. The van der Waals surface area contributed by atoms with Crippen LogP contribution in [0.2, 0.25) is 0 Å². The van der Waals surface area contributed by atoms with Crippen LogP contribution in [0.4, 0.5) is 0 Å². The van der Waals surface area contributed by atoms with E-state index in [1.807, 2.05) is 36.4 Å². The van der Waals surface area contributed by atoms with E-state index in [0.717, 1.165) is 62.6 Å². The van der Waals surface area contributed by atoms with E-state index in [-0.39, 0.29) is 5.91 Å². The molecule has 0 unspecified atom stereocenters. The number of carbonyl (C=O) groups excluding carboxylic acids is 1. The van der Waals surface area contributed by atoms with Gasteiger partial charge in [0.05, 0.1) is 11.3 Å². The maximum Gasteiger partial charge on any atom is 0.257 e. The molecule has 0 aromatic carbocycles. The van der Waals surface area contributed by atoms with Crippen LogP contribution in [0.5, 0.6) is 0 Å². The van der Waals surface area contributed by atoms with Crippen molar-refractivity contribution in [3.8, 4) is 0 Å². The van der Waals surface area contributed by atoms with Crippen molar-refractivity contribution in [1.82, 2.24) is 19.6 Å². The van der Waals surface area contributed by atoms with Gasteiger partial charge in [-0.25, -0.2) is 0 Å². The summed E-state index contributed by atoms with van der Waals surface area (Å²) in [6.07, 6.45) is 2.94. The number of carbonyl (C=O) groups is 1. The lowest BCUT2D eigenvalue weighted by Gasteiger charge is -2.21. The molecule has 2 heterocycles. The lowest BCUT2D eigenvalue weighted by Crippen LogP contribution is -2.35. The van der Waals surface area contributed by atoms with Crippen LogP contribution < -0.4 is 0 Å². The highest BCUT2D eigenvalue weighted by Gasteiger charge is 2.25. The molecule has 1 saturated heterocycles. The van der Waals surface area contributed by atoms with Crippen LogP contribution in [0.15, 0.2) is 12.7 Å². The van der Waals surface area contributed by atoms with E-state index in [1.165, 1.54) is 0 Å². The minimum Gasteiger partial charge on any atom is -0.337 e. The Morgan fingerprint density at radius 1 is 1.29 bits per heavy atom. The van der Waals surface area contributed by atoms with Crippen molar-refractivity contribution < 1.29 is 4.79 Å². The lowest BCUT2D eigenvalue weighted by molar-refractivity contribution is 0.0760. The van der Waals surface area contributed by atoms with Crippen LogP contribution in [0.25, 0.3) is 0 Å². The molecule has 21 heavy (non-hydrogen) atoms. The molecule has 1 aromatic rings. The Balaban J connectivity index is 2.13. The van der Waals surface area contributed by atoms with Crippen molar-refractivity contribution in [3.05, 3.63) is 29.6 Å². The first-order valence-corrected chi connectivity index (χ1v) is 7.75. The summed E-state index contributed by atoms with van der Waals surface area (Å²) >= 11 is 0. The fourth-order valence-electron chi connectivity index (χ4n) is 3.01. The van der Waals surface area contributed by atoms with E-state index < -0.39 is 0 Å². The highest BCUT2D eigenvalue weighted by Crippen LogP contribution is 2.17. The zero-order valence-corrected chi connectivity index (χ0v) is 13.4. The molecule has 0 saturated carbocycles. The first-order valence-electron chi connectivity index (χ1n) is 7.75. The van der Waals surface area contributed by atoms with Gasteiger partial charge in [-0.2, -0.15) is 5.10 Å². The normalized spacial score (nSPS) is 16.8. The van der Waals surface area contributed by atoms with E-state index in [0.29, 0.717) is 0 Å². The summed E-state index contributed by atoms with van der Waals surface area (Å²) in [5.41, 5.74) is 2.60. The summed E-state index contributed by atoms with van der Waals surface area (Å²) in [5.74, 6) is 0.130. The summed E-state index contributed by atoms with van der Waals surface area (Å²) in [5, 5.41) is 4.46. The summed E-state index contributed by atoms with van der Waals surface area (Å²) in [6, 6.07) is 0. The Kier molecular flexibility index (Phi) is 5.17. The minimum absolute atomic E-state index is 0.130. The zero-order chi connectivity index (χ0) is 15.4. The standard InChI is InChI=1S/C16H26N4O/c1-5-8-18-9-7-10-19(12-11-18)16(21)15-13(3)17-20(6-2)14(15)4/h5H,1,6-12H2,2-4H3. The van der Waals surface area contributed by atoms with Gasteiger partial charge in [-0.3, -0.25) is 14.4 Å². The molecule has 116 valence electrons. The monoisotopic (exact) mass is 290 g/mol. The predicted octanol–water partition coefficient (Wildman–Crippen LogP) is 1.85. The molecule has 0 radical (unpaired) electrons.